The van der Waals surface area contributed by atoms with Crippen molar-refractivity contribution < 1.29 is 14.3 Å². The zero-order valence-electron chi connectivity index (χ0n) is 21.6. The summed E-state index contributed by atoms with van der Waals surface area (Å²) in [7, 11) is 0. The summed E-state index contributed by atoms with van der Waals surface area (Å²) in [5.74, 6) is 0. The number of carbonyl (C=O) groups excluding carboxylic acids is 1. The van der Waals surface area contributed by atoms with E-state index in [1.54, 1.807) is 0 Å². The van der Waals surface area contributed by atoms with Gasteiger partial charge in [-0.1, -0.05) is 0 Å². The molecule has 0 N–H and O–H groups in total. The Balaban J connectivity index is 1.78. The molecule has 0 unspecified atom stereocenters. The fourth-order valence-electron chi connectivity index (χ4n) is 5.34. The molecule has 4 aromatic rings. The zero-order valence-corrected chi connectivity index (χ0v) is 24.4. The van der Waals surface area contributed by atoms with Gasteiger partial charge in [0.1, 0.15) is 0 Å². The van der Waals surface area contributed by atoms with Crippen LogP contribution in [0.2, 0.25) is 0 Å². The van der Waals surface area contributed by atoms with E-state index >= 15 is 0 Å². The minimum atomic E-state index is -4.07. The third-order valence-corrected chi connectivity index (χ3v) is 20.9. The van der Waals surface area contributed by atoms with Crippen molar-refractivity contribution in [3.63, 3.8) is 0 Å². The van der Waals surface area contributed by atoms with Gasteiger partial charge in [0.05, 0.1) is 0 Å². The van der Waals surface area contributed by atoms with Crippen LogP contribution in [-0.4, -0.2) is 45.8 Å². The molecule has 1 aliphatic rings. The molecule has 2 atom stereocenters. The van der Waals surface area contributed by atoms with E-state index in [0.29, 0.717) is 6.61 Å². The Morgan fingerprint density at radius 1 is 0.730 bits per heavy atom. The van der Waals surface area contributed by atoms with Gasteiger partial charge in [-0.15, -0.1) is 0 Å². The van der Waals surface area contributed by atoms with Crippen LogP contribution in [0.3, 0.4) is 0 Å². The molecule has 5 rings (SSSR count). The van der Waals surface area contributed by atoms with Crippen LogP contribution in [0.25, 0.3) is 0 Å². The zero-order chi connectivity index (χ0) is 25.9. The van der Waals surface area contributed by atoms with Crippen molar-refractivity contribution in [1.29, 1.82) is 0 Å². The van der Waals surface area contributed by atoms with Crippen molar-refractivity contribution in [2.45, 2.75) is 36.7 Å². The van der Waals surface area contributed by atoms with E-state index in [0.717, 1.165) is 5.56 Å². The molecule has 1 heterocycles. The van der Waals surface area contributed by atoms with E-state index < -0.39 is 28.2 Å². The molecule has 0 radical (unpaired) electrons. The summed E-state index contributed by atoms with van der Waals surface area (Å²) in [4.78, 5) is 16.0. The first-order valence-electron chi connectivity index (χ1n) is 12.8. The van der Waals surface area contributed by atoms with Crippen molar-refractivity contribution >= 4 is 35.2 Å². The molecule has 37 heavy (non-hydrogen) atoms. The van der Waals surface area contributed by atoms with Gasteiger partial charge in [0, 0.05) is 0 Å². The number of rotatable bonds is 5. The van der Waals surface area contributed by atoms with Crippen molar-refractivity contribution in [2.75, 3.05) is 6.61 Å². The van der Waals surface area contributed by atoms with Crippen molar-refractivity contribution in [3.8, 4) is 0 Å². The Morgan fingerprint density at radius 2 is 1.14 bits per heavy atom. The van der Waals surface area contributed by atoms with Gasteiger partial charge in [-0.05, 0) is 0 Å². The normalized spacial score (nSPS) is 18.0. The molecule has 1 fully saturated rings. The van der Waals surface area contributed by atoms with Gasteiger partial charge in [-0.2, -0.15) is 0 Å². The van der Waals surface area contributed by atoms with Gasteiger partial charge in [0.25, 0.3) is 0 Å². The standard InChI is InChI=1S/C14H18NO3.3C6H5.Sn/c1-14(2,3)18-13(16)15-10-17-9-12(15)11-7-5-4-6-8-11;3*1-2-4-6-5-3-1;/h4-8,10,12H,9H2,1-3H3;3*1-5H;/t12-;;;;/m0..../s1. The van der Waals surface area contributed by atoms with Crippen molar-refractivity contribution in [2.24, 2.45) is 0 Å². The summed E-state index contributed by atoms with van der Waals surface area (Å²) in [6.07, 6.45) is -0.340. The van der Waals surface area contributed by atoms with Crippen LogP contribution in [0, 0.1) is 0 Å². The van der Waals surface area contributed by atoms with Gasteiger partial charge >= 0.3 is 225 Å². The molecule has 0 aromatic heterocycles. The van der Waals surface area contributed by atoms with Gasteiger partial charge < -0.3 is 0 Å². The predicted molar refractivity (Wildman–Crippen MR) is 151 cm³/mol. The molecule has 4 aromatic carbocycles. The van der Waals surface area contributed by atoms with Crippen LogP contribution in [0.15, 0.2) is 121 Å². The predicted octanol–water partition coefficient (Wildman–Crippen LogP) is 5.03. The molecule has 0 bridgehead atoms. The number of carbonyl (C=O) groups is 1. The Morgan fingerprint density at radius 3 is 1.54 bits per heavy atom. The summed E-state index contributed by atoms with van der Waals surface area (Å²) in [6, 6.07) is 41.9. The first-order chi connectivity index (χ1) is 17.9. The number of hydrogen-bond acceptors (Lipinski definition) is 3. The van der Waals surface area contributed by atoms with Gasteiger partial charge in [0.2, 0.25) is 0 Å². The fraction of sp³-hybridized carbons (Fsp3) is 0.219. The van der Waals surface area contributed by atoms with Gasteiger partial charge in [0.15, 0.2) is 0 Å². The summed E-state index contributed by atoms with van der Waals surface area (Å²) in [6.45, 7) is 6.16. The topological polar surface area (TPSA) is 38.8 Å². The summed E-state index contributed by atoms with van der Waals surface area (Å²) < 4.78 is 16.2. The van der Waals surface area contributed by atoms with E-state index in [1.165, 1.54) is 10.7 Å². The second-order valence-corrected chi connectivity index (χ2v) is 21.4. The number of ether oxygens (including phenoxy) is 2. The quantitative estimate of drug-likeness (QED) is 0.303. The van der Waals surface area contributed by atoms with Crippen LogP contribution in [-0.2, 0) is 9.47 Å². The van der Waals surface area contributed by atoms with Crippen molar-refractivity contribution in [1.82, 2.24) is 4.90 Å². The summed E-state index contributed by atoms with van der Waals surface area (Å²) in [5.41, 5.74) is 0.417. The number of hydrogen-bond donors (Lipinski definition) is 0. The number of benzene rings is 4. The molecule has 0 aliphatic carbocycles. The maximum absolute atomic E-state index is 14.1. The molecule has 188 valence electrons. The molecule has 1 aliphatic heterocycles. The first-order valence-corrected chi connectivity index (χ1v) is 18.7. The Kier molecular flexibility index (Phi) is 7.40. The fourth-order valence-corrected chi connectivity index (χ4v) is 19.8. The Hall–Kier alpha value is -3.09. The average Bonchev–Trinajstić information content (AvgIpc) is 3.36. The minimum absolute atomic E-state index is 0.242. The number of amides is 1. The third kappa shape index (κ3) is 5.05. The van der Waals surface area contributed by atoms with E-state index in [-0.39, 0.29) is 12.1 Å². The molecule has 1 saturated heterocycles. The van der Waals surface area contributed by atoms with Crippen LogP contribution in [0.1, 0.15) is 32.4 Å². The monoisotopic (exact) mass is 599 g/mol. The van der Waals surface area contributed by atoms with Gasteiger partial charge in [-0.3, -0.25) is 0 Å². The third-order valence-electron chi connectivity index (χ3n) is 6.85. The molecule has 5 heteroatoms. The molecule has 0 saturated carbocycles. The average molecular weight is 598 g/mol. The first kappa shape index (κ1) is 25.6. The molecular formula is C32H33NO3Sn. The Labute approximate surface area is 223 Å². The Bertz CT molecular complexity index is 1210. The van der Waals surface area contributed by atoms with E-state index in [4.69, 9.17) is 9.47 Å². The van der Waals surface area contributed by atoms with Crippen LogP contribution in [0.5, 0.6) is 0 Å². The second-order valence-electron chi connectivity index (χ2n) is 10.4. The molecule has 1 amide bonds. The van der Waals surface area contributed by atoms with E-state index in [2.05, 4.69) is 84.9 Å². The van der Waals surface area contributed by atoms with Gasteiger partial charge in [-0.25, -0.2) is 0 Å². The SMILES string of the molecule is CC(C)(C)OC(=O)N1[C@H](c2ccccc2)CO[C@@H]1[Sn]([c]1ccccc1)([c]1ccccc1)[c]1ccccc1. The van der Waals surface area contributed by atoms with Crippen LogP contribution < -0.4 is 10.7 Å². The van der Waals surface area contributed by atoms with E-state index in [1.807, 2.05) is 62.1 Å². The number of nitrogens with zero attached hydrogens (tertiary/aromatic N) is 1. The molecule has 0 spiro atoms. The second kappa shape index (κ2) is 10.7. The van der Waals surface area contributed by atoms with Crippen LogP contribution in [0.4, 0.5) is 4.79 Å². The van der Waals surface area contributed by atoms with Crippen LogP contribution >= 0.6 is 0 Å². The molecular weight excluding hydrogens is 565 g/mol. The molecule has 4 nitrogen and oxygen atoms in total. The van der Waals surface area contributed by atoms with E-state index in [9.17, 15) is 4.79 Å². The summed E-state index contributed by atoms with van der Waals surface area (Å²) in [5, 5.41) is 0. The maximum atomic E-state index is 14.1. The summed E-state index contributed by atoms with van der Waals surface area (Å²) >= 11 is -4.07. The van der Waals surface area contributed by atoms with Crippen molar-refractivity contribution in [3.05, 3.63) is 127 Å².